The summed E-state index contributed by atoms with van der Waals surface area (Å²) in [7, 11) is 0. The zero-order chi connectivity index (χ0) is 9.54. The quantitative estimate of drug-likeness (QED) is 0.715. The van der Waals surface area contributed by atoms with Gasteiger partial charge in [-0.25, -0.2) is 0 Å². The van der Waals surface area contributed by atoms with Crippen molar-refractivity contribution >= 4 is 0 Å². The van der Waals surface area contributed by atoms with Gasteiger partial charge >= 0.3 is 0 Å². The van der Waals surface area contributed by atoms with E-state index >= 15 is 0 Å². The average molecular weight is 192 g/mol. The van der Waals surface area contributed by atoms with E-state index in [1.807, 2.05) is 0 Å². The van der Waals surface area contributed by atoms with Crippen LogP contribution in [0.15, 0.2) is 11.8 Å². The maximum Gasteiger partial charge on any atom is 0.0378 e. The van der Waals surface area contributed by atoms with Crippen LogP contribution in [0.1, 0.15) is 26.2 Å². The van der Waals surface area contributed by atoms with Gasteiger partial charge in [-0.05, 0) is 38.3 Å². The van der Waals surface area contributed by atoms with Gasteiger partial charge in [0.15, 0.2) is 0 Å². The van der Waals surface area contributed by atoms with E-state index in [1.165, 1.54) is 44.6 Å². The minimum Gasteiger partial charge on any atom is -0.384 e. The monoisotopic (exact) mass is 192 g/mol. The first-order valence-corrected chi connectivity index (χ1v) is 6.01. The first-order valence-electron chi connectivity index (χ1n) is 6.01. The maximum atomic E-state index is 3.61. The third-order valence-electron chi connectivity index (χ3n) is 3.90. The number of hydrogen-bond donors (Lipinski definition) is 1. The molecule has 0 radical (unpaired) electrons. The molecule has 78 valence electrons. The molecule has 2 unspecified atom stereocenters. The predicted octanol–water partition coefficient (Wildman–Crippen LogP) is 1.59. The molecule has 2 atom stereocenters. The lowest BCUT2D eigenvalue weighted by atomic mass is 9.99. The van der Waals surface area contributed by atoms with Crippen LogP contribution in [-0.2, 0) is 0 Å². The lowest BCUT2D eigenvalue weighted by molar-refractivity contribution is 0.204. The van der Waals surface area contributed by atoms with Gasteiger partial charge in [0.05, 0.1) is 0 Å². The molecule has 1 saturated heterocycles. The molecule has 3 rings (SSSR count). The number of hydrogen-bond acceptors (Lipinski definition) is 2. The number of nitrogens with one attached hydrogen (secondary N) is 1. The highest BCUT2D eigenvalue weighted by molar-refractivity contribution is 5.23. The molecule has 1 saturated carbocycles. The molecule has 1 aliphatic carbocycles. The van der Waals surface area contributed by atoms with Crippen molar-refractivity contribution in [3.05, 3.63) is 11.8 Å². The Bertz CT molecular complexity index is 251. The molecule has 2 nitrogen and oxygen atoms in total. The second-order valence-corrected chi connectivity index (χ2v) is 5.30. The first kappa shape index (κ1) is 8.78. The minimum atomic E-state index is 0.828. The number of piperidine rings is 1. The van der Waals surface area contributed by atoms with Gasteiger partial charge in [0.25, 0.3) is 0 Å². The Balaban J connectivity index is 1.50. The molecule has 2 heteroatoms. The van der Waals surface area contributed by atoms with Crippen LogP contribution in [0, 0.1) is 11.8 Å². The fraction of sp³-hybridized carbons (Fsp3) is 0.833. The Labute approximate surface area is 86.4 Å². The largest absolute Gasteiger partial charge is 0.384 e. The van der Waals surface area contributed by atoms with E-state index in [1.54, 1.807) is 0 Å². The van der Waals surface area contributed by atoms with E-state index in [9.17, 15) is 0 Å². The Morgan fingerprint density at radius 3 is 2.86 bits per heavy atom. The van der Waals surface area contributed by atoms with E-state index in [4.69, 9.17) is 0 Å². The highest BCUT2D eigenvalue weighted by Gasteiger charge is 2.40. The molecule has 2 heterocycles. The average Bonchev–Trinajstić information content (AvgIpc) is 2.79. The fourth-order valence-electron chi connectivity index (χ4n) is 2.67. The Morgan fingerprint density at radius 1 is 1.43 bits per heavy atom. The highest BCUT2D eigenvalue weighted by Crippen LogP contribution is 2.38. The van der Waals surface area contributed by atoms with Crippen LogP contribution in [-0.4, -0.2) is 30.6 Å². The minimum absolute atomic E-state index is 0.828. The third-order valence-corrected chi connectivity index (χ3v) is 3.90. The number of rotatable bonds is 2. The van der Waals surface area contributed by atoms with Crippen LogP contribution in [0.5, 0.6) is 0 Å². The zero-order valence-electron chi connectivity index (χ0n) is 9.00. The molecule has 2 aliphatic heterocycles. The standard InChI is InChI=1S/C12H20N2/c1-9-2-4-14(5-3-9)8-11-6-10-7-12(10)13-11/h6,9-10,12-13H,2-5,7-8H2,1H3. The van der Waals surface area contributed by atoms with Gasteiger partial charge in [-0.15, -0.1) is 0 Å². The van der Waals surface area contributed by atoms with Gasteiger partial charge in [0, 0.05) is 24.2 Å². The van der Waals surface area contributed by atoms with Gasteiger partial charge in [-0.1, -0.05) is 13.0 Å². The summed E-state index contributed by atoms with van der Waals surface area (Å²) in [5.41, 5.74) is 1.50. The van der Waals surface area contributed by atoms with Crippen molar-refractivity contribution in [2.45, 2.75) is 32.2 Å². The van der Waals surface area contributed by atoms with Gasteiger partial charge in [0.2, 0.25) is 0 Å². The molecule has 3 aliphatic rings. The number of fused-ring (bicyclic) bond motifs is 1. The Morgan fingerprint density at radius 2 is 2.21 bits per heavy atom. The molecule has 0 aromatic rings. The van der Waals surface area contributed by atoms with Crippen molar-refractivity contribution in [3.8, 4) is 0 Å². The summed E-state index contributed by atoms with van der Waals surface area (Å²) in [5, 5.41) is 3.61. The molecule has 2 fully saturated rings. The Kier molecular flexibility index (Phi) is 2.05. The van der Waals surface area contributed by atoms with Crippen LogP contribution < -0.4 is 5.32 Å². The van der Waals surface area contributed by atoms with Crippen molar-refractivity contribution in [1.29, 1.82) is 0 Å². The van der Waals surface area contributed by atoms with Crippen molar-refractivity contribution in [2.24, 2.45) is 11.8 Å². The van der Waals surface area contributed by atoms with E-state index in [2.05, 4.69) is 23.2 Å². The van der Waals surface area contributed by atoms with Crippen LogP contribution in [0.4, 0.5) is 0 Å². The second kappa shape index (κ2) is 3.27. The van der Waals surface area contributed by atoms with E-state index in [-0.39, 0.29) is 0 Å². The van der Waals surface area contributed by atoms with Crippen molar-refractivity contribution < 1.29 is 0 Å². The van der Waals surface area contributed by atoms with Gasteiger partial charge in [-0.3, -0.25) is 4.90 Å². The normalized spacial score (nSPS) is 37.6. The number of likely N-dealkylation sites (tertiary alicyclic amines) is 1. The smallest absolute Gasteiger partial charge is 0.0378 e. The summed E-state index contributed by atoms with van der Waals surface area (Å²) >= 11 is 0. The molecular weight excluding hydrogens is 172 g/mol. The van der Waals surface area contributed by atoms with E-state index in [0.717, 1.165) is 17.9 Å². The molecule has 1 N–H and O–H groups in total. The van der Waals surface area contributed by atoms with Crippen molar-refractivity contribution in [2.75, 3.05) is 19.6 Å². The van der Waals surface area contributed by atoms with Crippen LogP contribution >= 0.6 is 0 Å². The molecule has 0 amide bonds. The second-order valence-electron chi connectivity index (χ2n) is 5.30. The lowest BCUT2D eigenvalue weighted by Crippen LogP contribution is -2.36. The van der Waals surface area contributed by atoms with Crippen LogP contribution in [0.3, 0.4) is 0 Å². The van der Waals surface area contributed by atoms with Crippen molar-refractivity contribution in [3.63, 3.8) is 0 Å². The molecule has 0 bridgehead atoms. The summed E-state index contributed by atoms with van der Waals surface area (Å²) < 4.78 is 0. The molecular formula is C12H20N2. The summed E-state index contributed by atoms with van der Waals surface area (Å²) in [5.74, 6) is 1.85. The summed E-state index contributed by atoms with van der Waals surface area (Å²) in [4.78, 5) is 2.60. The van der Waals surface area contributed by atoms with Crippen molar-refractivity contribution in [1.82, 2.24) is 10.2 Å². The molecule has 0 aromatic heterocycles. The molecule has 14 heavy (non-hydrogen) atoms. The SMILES string of the molecule is CC1CCN(CC2=CC3CC3N2)CC1. The highest BCUT2D eigenvalue weighted by atomic mass is 15.2. The Hall–Kier alpha value is -0.500. The summed E-state index contributed by atoms with van der Waals surface area (Å²) in [6.07, 6.45) is 6.63. The lowest BCUT2D eigenvalue weighted by Gasteiger charge is -2.30. The van der Waals surface area contributed by atoms with E-state index < -0.39 is 0 Å². The predicted molar refractivity (Wildman–Crippen MR) is 58.0 cm³/mol. The molecule has 0 spiro atoms. The first-order chi connectivity index (χ1) is 6.81. The zero-order valence-corrected chi connectivity index (χ0v) is 9.00. The topological polar surface area (TPSA) is 15.3 Å². The fourth-order valence-corrected chi connectivity index (χ4v) is 2.67. The summed E-state index contributed by atoms with van der Waals surface area (Å²) in [6, 6.07) is 0.828. The van der Waals surface area contributed by atoms with Gasteiger partial charge in [-0.2, -0.15) is 0 Å². The third kappa shape index (κ3) is 1.68. The van der Waals surface area contributed by atoms with E-state index in [0.29, 0.717) is 0 Å². The molecule has 0 aromatic carbocycles. The maximum absolute atomic E-state index is 3.61. The number of nitrogens with zero attached hydrogens (tertiary/aromatic N) is 1. The van der Waals surface area contributed by atoms with Crippen LogP contribution in [0.2, 0.25) is 0 Å². The summed E-state index contributed by atoms with van der Waals surface area (Å²) in [6.45, 7) is 6.16. The van der Waals surface area contributed by atoms with Gasteiger partial charge in [0.1, 0.15) is 0 Å². The van der Waals surface area contributed by atoms with Gasteiger partial charge < -0.3 is 5.32 Å². The van der Waals surface area contributed by atoms with Crippen LogP contribution in [0.25, 0.3) is 0 Å².